The first-order valence-corrected chi connectivity index (χ1v) is 6.60. The van der Waals surface area contributed by atoms with E-state index in [2.05, 4.69) is 15.5 Å². The van der Waals surface area contributed by atoms with Crippen LogP contribution in [0.25, 0.3) is 10.9 Å². The van der Waals surface area contributed by atoms with Crippen LogP contribution in [0.2, 0.25) is 0 Å². The second-order valence-electron chi connectivity index (χ2n) is 5.01. The van der Waals surface area contributed by atoms with E-state index in [0.717, 1.165) is 22.2 Å². The van der Waals surface area contributed by atoms with E-state index >= 15 is 0 Å². The molecule has 1 aromatic heterocycles. The fourth-order valence-corrected chi connectivity index (χ4v) is 2.28. The molecule has 3 rings (SSSR count). The topological polar surface area (TPSA) is 40.7 Å². The molecule has 0 amide bonds. The fourth-order valence-electron chi connectivity index (χ4n) is 2.28. The number of rotatable bonds is 3. The molecule has 2 aromatic carbocycles. The molecule has 1 unspecified atom stereocenters. The van der Waals surface area contributed by atoms with E-state index in [1.54, 1.807) is 25.3 Å². The number of H-pyrrole nitrogens is 1. The first-order valence-electron chi connectivity index (χ1n) is 6.60. The maximum absolute atomic E-state index is 13.6. The van der Waals surface area contributed by atoms with Crippen LogP contribution in [0.1, 0.15) is 24.1 Å². The van der Waals surface area contributed by atoms with Gasteiger partial charge in [-0.25, -0.2) is 4.39 Å². The van der Waals surface area contributed by atoms with Crippen LogP contribution in [-0.4, -0.2) is 10.2 Å². The smallest absolute Gasteiger partial charge is 0.126 e. The number of benzene rings is 2. The molecule has 0 aliphatic carbocycles. The molecule has 2 N–H and O–H groups in total. The third-order valence-corrected chi connectivity index (χ3v) is 3.54. The zero-order chi connectivity index (χ0) is 14.1. The van der Waals surface area contributed by atoms with Gasteiger partial charge in [-0.2, -0.15) is 5.10 Å². The molecule has 0 aliphatic rings. The SMILES string of the molecule is Cc1ccc(C(C)Nc2cccc3cn[nH]c23)cc1F. The van der Waals surface area contributed by atoms with Crippen molar-refractivity contribution in [2.45, 2.75) is 19.9 Å². The maximum Gasteiger partial charge on any atom is 0.126 e. The van der Waals surface area contributed by atoms with Crippen molar-refractivity contribution in [2.24, 2.45) is 0 Å². The number of aromatic nitrogens is 2. The van der Waals surface area contributed by atoms with Crippen LogP contribution in [0.3, 0.4) is 0 Å². The highest BCUT2D eigenvalue weighted by molar-refractivity contribution is 5.90. The van der Waals surface area contributed by atoms with Gasteiger partial charge >= 0.3 is 0 Å². The summed E-state index contributed by atoms with van der Waals surface area (Å²) in [5.41, 5.74) is 3.52. The molecule has 0 bridgehead atoms. The zero-order valence-electron chi connectivity index (χ0n) is 11.4. The number of aromatic amines is 1. The monoisotopic (exact) mass is 269 g/mol. The van der Waals surface area contributed by atoms with Crippen molar-refractivity contribution in [2.75, 3.05) is 5.32 Å². The molecule has 3 nitrogen and oxygen atoms in total. The molecular formula is C16H16FN3. The Morgan fingerprint density at radius 1 is 1.25 bits per heavy atom. The van der Waals surface area contributed by atoms with Gasteiger partial charge in [-0.1, -0.05) is 24.3 Å². The van der Waals surface area contributed by atoms with Crippen LogP contribution in [0.4, 0.5) is 10.1 Å². The minimum atomic E-state index is -0.170. The molecule has 0 saturated heterocycles. The predicted octanol–water partition coefficient (Wildman–Crippen LogP) is 4.18. The van der Waals surface area contributed by atoms with Crippen LogP contribution < -0.4 is 5.32 Å². The zero-order valence-corrected chi connectivity index (χ0v) is 11.4. The summed E-state index contributed by atoms with van der Waals surface area (Å²) in [6.45, 7) is 3.78. The molecule has 4 heteroatoms. The van der Waals surface area contributed by atoms with Crippen molar-refractivity contribution in [1.82, 2.24) is 10.2 Å². The first kappa shape index (κ1) is 12.7. The molecule has 0 spiro atoms. The van der Waals surface area contributed by atoms with E-state index in [1.807, 2.05) is 31.2 Å². The quantitative estimate of drug-likeness (QED) is 0.748. The highest BCUT2D eigenvalue weighted by atomic mass is 19.1. The summed E-state index contributed by atoms with van der Waals surface area (Å²) in [5.74, 6) is -0.170. The largest absolute Gasteiger partial charge is 0.377 e. The standard InChI is InChI=1S/C16H16FN3/c1-10-6-7-12(8-14(10)17)11(2)19-15-5-3-4-13-9-18-20-16(13)15/h3-9,11,19H,1-2H3,(H,18,20). The van der Waals surface area contributed by atoms with E-state index in [9.17, 15) is 4.39 Å². The molecule has 3 aromatic rings. The number of halogens is 1. The molecule has 0 aliphatic heterocycles. The Morgan fingerprint density at radius 2 is 2.10 bits per heavy atom. The summed E-state index contributed by atoms with van der Waals surface area (Å²) in [6.07, 6.45) is 1.79. The minimum absolute atomic E-state index is 0.0130. The number of nitrogens with one attached hydrogen (secondary N) is 2. The Labute approximate surface area is 116 Å². The maximum atomic E-state index is 13.6. The third-order valence-electron chi connectivity index (χ3n) is 3.54. The highest BCUT2D eigenvalue weighted by Crippen LogP contribution is 2.26. The molecule has 1 atom stereocenters. The lowest BCUT2D eigenvalue weighted by molar-refractivity contribution is 0.614. The van der Waals surface area contributed by atoms with Gasteiger partial charge in [0.1, 0.15) is 5.82 Å². The van der Waals surface area contributed by atoms with E-state index in [-0.39, 0.29) is 11.9 Å². The number of nitrogens with zero attached hydrogens (tertiary/aromatic N) is 1. The Balaban J connectivity index is 1.90. The minimum Gasteiger partial charge on any atom is -0.377 e. The normalized spacial score (nSPS) is 12.6. The van der Waals surface area contributed by atoms with Crippen molar-refractivity contribution in [1.29, 1.82) is 0 Å². The van der Waals surface area contributed by atoms with Gasteiger partial charge in [0.15, 0.2) is 0 Å². The first-order chi connectivity index (χ1) is 9.65. The van der Waals surface area contributed by atoms with Crippen molar-refractivity contribution in [3.63, 3.8) is 0 Å². The summed E-state index contributed by atoms with van der Waals surface area (Å²) in [6, 6.07) is 11.3. The van der Waals surface area contributed by atoms with Gasteiger partial charge in [-0.15, -0.1) is 0 Å². The number of anilines is 1. The van der Waals surface area contributed by atoms with Gasteiger partial charge in [-0.05, 0) is 37.1 Å². The predicted molar refractivity (Wildman–Crippen MR) is 79.3 cm³/mol. The average molecular weight is 269 g/mol. The van der Waals surface area contributed by atoms with Crippen LogP contribution in [-0.2, 0) is 0 Å². The van der Waals surface area contributed by atoms with E-state index < -0.39 is 0 Å². The fraction of sp³-hybridized carbons (Fsp3) is 0.188. The van der Waals surface area contributed by atoms with Crippen LogP contribution in [0.15, 0.2) is 42.6 Å². The van der Waals surface area contributed by atoms with E-state index in [1.165, 1.54) is 0 Å². The van der Waals surface area contributed by atoms with Crippen LogP contribution in [0, 0.1) is 12.7 Å². The molecule has 1 heterocycles. The molecule has 0 radical (unpaired) electrons. The van der Waals surface area contributed by atoms with Crippen LogP contribution in [0.5, 0.6) is 0 Å². The van der Waals surface area contributed by atoms with E-state index in [0.29, 0.717) is 5.56 Å². The van der Waals surface area contributed by atoms with E-state index in [4.69, 9.17) is 0 Å². The van der Waals surface area contributed by atoms with Gasteiger partial charge in [-0.3, -0.25) is 5.10 Å². The van der Waals surface area contributed by atoms with Gasteiger partial charge in [0.2, 0.25) is 0 Å². The van der Waals surface area contributed by atoms with Crippen molar-refractivity contribution in [3.05, 3.63) is 59.5 Å². The van der Waals surface area contributed by atoms with Crippen molar-refractivity contribution >= 4 is 16.6 Å². The number of hydrogen-bond donors (Lipinski definition) is 2. The summed E-state index contributed by atoms with van der Waals surface area (Å²) < 4.78 is 13.6. The lowest BCUT2D eigenvalue weighted by Gasteiger charge is -2.16. The van der Waals surface area contributed by atoms with Gasteiger partial charge < -0.3 is 5.32 Å². The van der Waals surface area contributed by atoms with Crippen LogP contribution >= 0.6 is 0 Å². The Kier molecular flexibility index (Phi) is 3.14. The lowest BCUT2D eigenvalue weighted by Crippen LogP contribution is -2.07. The Morgan fingerprint density at radius 3 is 2.90 bits per heavy atom. The van der Waals surface area contributed by atoms with Crippen molar-refractivity contribution < 1.29 is 4.39 Å². The molecule has 20 heavy (non-hydrogen) atoms. The number of fused-ring (bicyclic) bond motifs is 1. The Bertz CT molecular complexity index is 748. The second-order valence-corrected chi connectivity index (χ2v) is 5.01. The summed E-state index contributed by atoms with van der Waals surface area (Å²) in [7, 11) is 0. The number of hydrogen-bond acceptors (Lipinski definition) is 2. The molecule has 0 saturated carbocycles. The lowest BCUT2D eigenvalue weighted by atomic mass is 10.1. The number of aryl methyl sites for hydroxylation is 1. The van der Waals surface area contributed by atoms with Gasteiger partial charge in [0.05, 0.1) is 17.4 Å². The van der Waals surface area contributed by atoms with Gasteiger partial charge in [0.25, 0.3) is 0 Å². The summed E-state index contributed by atoms with van der Waals surface area (Å²) in [5, 5.41) is 11.5. The highest BCUT2D eigenvalue weighted by Gasteiger charge is 2.10. The molecule has 0 fully saturated rings. The molecular weight excluding hydrogens is 253 g/mol. The Hall–Kier alpha value is -2.36. The summed E-state index contributed by atoms with van der Waals surface area (Å²) in [4.78, 5) is 0. The summed E-state index contributed by atoms with van der Waals surface area (Å²) >= 11 is 0. The molecule has 102 valence electrons. The van der Waals surface area contributed by atoms with Crippen molar-refractivity contribution in [3.8, 4) is 0 Å². The van der Waals surface area contributed by atoms with Gasteiger partial charge in [0, 0.05) is 11.4 Å². The average Bonchev–Trinajstić information content (AvgIpc) is 2.91. The second kappa shape index (κ2) is 4.96. The third kappa shape index (κ3) is 2.25. The number of para-hydroxylation sites is 1.